The van der Waals surface area contributed by atoms with Crippen LogP contribution < -0.4 is 21.5 Å². The lowest BCUT2D eigenvalue weighted by molar-refractivity contribution is -0.838. The van der Waals surface area contributed by atoms with E-state index in [0.717, 1.165) is 25.8 Å². The molecule has 0 fully saturated rings. The van der Waals surface area contributed by atoms with E-state index in [0.29, 0.717) is 12.0 Å². The lowest BCUT2D eigenvalue weighted by Gasteiger charge is -2.26. The van der Waals surface area contributed by atoms with Crippen LogP contribution in [0.3, 0.4) is 0 Å². The highest BCUT2D eigenvalue weighted by Gasteiger charge is 2.34. The summed E-state index contributed by atoms with van der Waals surface area (Å²) in [6.45, 7) is 13.8. The maximum atomic E-state index is 12.8. The number of likely N-dealkylation sites (N-methyl/N-ethyl adjacent to an activating group) is 1. The molecule has 6 N–H and O–H groups in total. The first-order valence-corrected chi connectivity index (χ1v) is 9.54. The fourth-order valence-corrected chi connectivity index (χ4v) is 2.27. The molecule has 0 rings (SSSR count). The molecule has 0 aromatic carbocycles. The van der Waals surface area contributed by atoms with Crippen LogP contribution in [0.25, 0.3) is 0 Å². The van der Waals surface area contributed by atoms with Crippen LogP contribution in [0, 0.1) is 5.92 Å². The first kappa shape index (κ1) is 25.1. The van der Waals surface area contributed by atoms with Gasteiger partial charge in [0.25, 0.3) is 5.91 Å². The predicted octanol–water partition coefficient (Wildman–Crippen LogP) is -0.0333. The van der Waals surface area contributed by atoms with Gasteiger partial charge in [0.2, 0.25) is 0 Å². The number of hydrogen-bond donors (Lipinski definition) is 4. The average molecular weight is 387 g/mol. The number of alkyl carbamates (subject to hydrolysis) is 1. The third kappa shape index (κ3) is 10.7. The van der Waals surface area contributed by atoms with Crippen LogP contribution in [0.4, 0.5) is 4.79 Å². The Morgan fingerprint density at radius 2 is 1.74 bits per heavy atom. The zero-order valence-corrected chi connectivity index (χ0v) is 17.7. The molecular formula is C19H38N4O4+2. The second kappa shape index (κ2) is 11.7. The summed E-state index contributed by atoms with van der Waals surface area (Å²) >= 11 is 0. The summed E-state index contributed by atoms with van der Waals surface area (Å²) in [7, 11) is 1.54. The van der Waals surface area contributed by atoms with Crippen molar-refractivity contribution in [3.05, 3.63) is 12.2 Å². The second-order valence-corrected chi connectivity index (χ2v) is 8.01. The standard InChI is InChI=1S/C19H36N4O4/c1-13(2)14(3)16(21-18(26)27-19(4,5)6)17(25)23(7)22-15(24)11-9-8-10-12-20/h13,16H,3,8-12,20H2,1-2,4-7H3,(H,21,26)(H,22,24)/p+2/t16-/m0/s1. The molecule has 3 amide bonds. The molecule has 0 bridgehead atoms. The fraction of sp³-hybridized carbons (Fsp3) is 0.737. The van der Waals surface area contributed by atoms with Crippen molar-refractivity contribution in [1.29, 1.82) is 0 Å². The number of carbonyl (C=O) groups is 3. The van der Waals surface area contributed by atoms with Gasteiger partial charge in [-0.25, -0.2) is 9.59 Å². The molecule has 8 heteroatoms. The molecule has 0 heterocycles. The van der Waals surface area contributed by atoms with Gasteiger partial charge in [0, 0.05) is 6.42 Å². The van der Waals surface area contributed by atoms with Crippen LogP contribution in [-0.4, -0.2) is 43.1 Å². The van der Waals surface area contributed by atoms with E-state index in [4.69, 9.17) is 4.74 Å². The highest BCUT2D eigenvalue weighted by atomic mass is 16.6. The van der Waals surface area contributed by atoms with Crippen LogP contribution in [0.1, 0.15) is 60.3 Å². The van der Waals surface area contributed by atoms with Crippen LogP contribution in [-0.2, 0) is 14.3 Å². The molecule has 0 aliphatic rings. The molecule has 0 aliphatic carbocycles. The minimum Gasteiger partial charge on any atom is -0.444 e. The predicted molar refractivity (Wildman–Crippen MR) is 103 cm³/mol. The Balaban J connectivity index is 4.94. The molecule has 0 radical (unpaired) electrons. The Labute approximate surface area is 162 Å². The molecule has 0 aliphatic heterocycles. The molecule has 0 saturated heterocycles. The number of nitrogens with one attached hydrogen (secondary N) is 3. The number of hydrogen-bond acceptors (Lipinski definition) is 4. The van der Waals surface area contributed by atoms with Gasteiger partial charge >= 0.3 is 12.0 Å². The third-order valence-corrected chi connectivity index (χ3v) is 3.89. The smallest absolute Gasteiger partial charge is 0.408 e. The normalized spacial score (nSPS) is 13.6. The Bertz CT molecular complexity index is 526. The molecule has 0 aromatic rings. The molecule has 156 valence electrons. The van der Waals surface area contributed by atoms with Crippen LogP contribution in [0.15, 0.2) is 12.2 Å². The topological polar surface area (TPSA) is 117 Å². The first-order chi connectivity index (χ1) is 12.4. The van der Waals surface area contributed by atoms with Crippen molar-refractivity contribution in [2.24, 2.45) is 5.92 Å². The highest BCUT2D eigenvalue weighted by molar-refractivity contribution is 5.84. The van der Waals surface area contributed by atoms with Gasteiger partial charge in [-0.2, -0.15) is 10.4 Å². The van der Waals surface area contributed by atoms with E-state index in [1.54, 1.807) is 20.8 Å². The van der Waals surface area contributed by atoms with Gasteiger partial charge in [0.05, 0.1) is 13.6 Å². The molecule has 0 saturated carbocycles. The van der Waals surface area contributed by atoms with Crippen LogP contribution >= 0.6 is 0 Å². The molecule has 1 unspecified atom stereocenters. The van der Waals surface area contributed by atoms with E-state index >= 15 is 0 Å². The van der Waals surface area contributed by atoms with Gasteiger partial charge in [-0.3, -0.25) is 4.79 Å². The van der Waals surface area contributed by atoms with Gasteiger partial charge in [-0.15, -0.1) is 0 Å². The summed E-state index contributed by atoms with van der Waals surface area (Å²) in [6, 6.07) is -0.952. The fourth-order valence-electron chi connectivity index (χ4n) is 2.27. The summed E-state index contributed by atoms with van der Waals surface area (Å²) in [4.78, 5) is 37.0. The number of amides is 3. The van der Waals surface area contributed by atoms with E-state index in [-0.39, 0.29) is 16.8 Å². The minimum atomic E-state index is -0.952. The Hall–Kier alpha value is -1.93. The van der Waals surface area contributed by atoms with E-state index < -0.39 is 23.6 Å². The summed E-state index contributed by atoms with van der Waals surface area (Å²) in [5, 5.41) is 2.76. The lowest BCUT2D eigenvalue weighted by Crippen LogP contribution is -3.20. The Kier molecular flexibility index (Phi) is 10.9. The zero-order chi connectivity index (χ0) is 21.2. The Morgan fingerprint density at radius 1 is 1.15 bits per heavy atom. The first-order valence-electron chi connectivity index (χ1n) is 9.54. The third-order valence-electron chi connectivity index (χ3n) is 3.89. The molecule has 2 atom stereocenters. The molecular weight excluding hydrogens is 348 g/mol. The lowest BCUT2D eigenvalue weighted by atomic mass is 9.97. The van der Waals surface area contributed by atoms with Crippen molar-refractivity contribution in [3.8, 4) is 0 Å². The van der Waals surface area contributed by atoms with E-state index in [1.165, 1.54) is 7.05 Å². The van der Waals surface area contributed by atoms with Crippen molar-refractivity contribution in [1.82, 2.24) is 10.7 Å². The van der Waals surface area contributed by atoms with Gasteiger partial charge < -0.3 is 15.8 Å². The minimum absolute atomic E-state index is 0.0277. The highest BCUT2D eigenvalue weighted by Crippen LogP contribution is 2.13. The average Bonchev–Trinajstić information content (AvgIpc) is 2.53. The number of rotatable bonds is 9. The number of quaternary nitrogens is 2. The van der Waals surface area contributed by atoms with Crippen molar-refractivity contribution >= 4 is 17.9 Å². The SMILES string of the molecule is C=C(C(C)C)[C@H](NC(=O)OC(C)(C)C)C(=O)[NH+](C)NC(=O)CCCCC[NH3+]. The quantitative estimate of drug-likeness (QED) is 0.253. The maximum Gasteiger partial charge on any atom is 0.408 e. The largest absolute Gasteiger partial charge is 0.444 e. The zero-order valence-electron chi connectivity index (χ0n) is 17.7. The van der Waals surface area contributed by atoms with E-state index in [1.807, 2.05) is 13.8 Å². The van der Waals surface area contributed by atoms with Gasteiger partial charge in [0.1, 0.15) is 5.60 Å². The maximum absolute atomic E-state index is 12.8. The van der Waals surface area contributed by atoms with Gasteiger partial charge in [-0.05, 0) is 51.5 Å². The summed E-state index contributed by atoms with van der Waals surface area (Å²) in [6.07, 6.45) is 2.30. The van der Waals surface area contributed by atoms with Crippen LogP contribution in [0.2, 0.25) is 0 Å². The summed E-state index contributed by atoms with van der Waals surface area (Å²) in [5.74, 6) is -0.637. The van der Waals surface area contributed by atoms with E-state index in [2.05, 4.69) is 23.1 Å². The van der Waals surface area contributed by atoms with Crippen LogP contribution in [0.5, 0.6) is 0 Å². The molecule has 0 spiro atoms. The van der Waals surface area contributed by atoms with Gasteiger partial charge in [0.15, 0.2) is 6.04 Å². The number of unbranched alkanes of at least 4 members (excludes halogenated alkanes) is 2. The van der Waals surface area contributed by atoms with Crippen molar-refractivity contribution < 1.29 is 29.9 Å². The van der Waals surface area contributed by atoms with Crippen molar-refractivity contribution in [2.45, 2.75) is 71.9 Å². The Morgan fingerprint density at radius 3 is 2.22 bits per heavy atom. The summed E-state index contributed by atoms with van der Waals surface area (Å²) < 4.78 is 5.24. The van der Waals surface area contributed by atoms with E-state index in [9.17, 15) is 14.4 Å². The molecule has 8 nitrogen and oxygen atoms in total. The monoisotopic (exact) mass is 386 g/mol. The molecule has 27 heavy (non-hydrogen) atoms. The molecule has 0 aromatic heterocycles. The van der Waals surface area contributed by atoms with Crippen molar-refractivity contribution in [3.63, 3.8) is 0 Å². The second-order valence-electron chi connectivity index (χ2n) is 8.01. The van der Waals surface area contributed by atoms with Gasteiger partial charge in [-0.1, -0.05) is 20.4 Å². The summed E-state index contributed by atoms with van der Waals surface area (Å²) in [5.41, 5.74) is 6.27. The number of carbonyl (C=O) groups excluding carboxylic acids is 3. The van der Waals surface area contributed by atoms with Crippen molar-refractivity contribution in [2.75, 3.05) is 13.6 Å². The number of ether oxygens (including phenoxy) is 1.